The molecule has 2 heterocycles. The molecule has 0 atom stereocenters. The van der Waals surface area contributed by atoms with Gasteiger partial charge in [0.15, 0.2) is 0 Å². The highest BCUT2D eigenvalue weighted by atomic mass is 16.4. The predicted molar refractivity (Wildman–Crippen MR) is 69.0 cm³/mol. The number of carbonyl (C=O) groups is 1. The summed E-state index contributed by atoms with van der Waals surface area (Å²) < 4.78 is 0. The second-order valence-corrected chi connectivity index (χ2v) is 4.25. The number of rotatable bonds is 5. The molecule has 0 amide bonds. The van der Waals surface area contributed by atoms with Crippen LogP contribution in [0.3, 0.4) is 0 Å². The number of carboxylic acid groups (broad SMARTS) is 1. The van der Waals surface area contributed by atoms with E-state index in [2.05, 4.69) is 20.5 Å². The molecule has 0 aromatic carbocycles. The second-order valence-electron chi connectivity index (χ2n) is 4.25. The quantitative estimate of drug-likeness (QED) is 0.688. The molecule has 1 aromatic rings. The zero-order valence-electron chi connectivity index (χ0n) is 10.2. The summed E-state index contributed by atoms with van der Waals surface area (Å²) in [5, 5.41) is 15.4. The smallest absolute Gasteiger partial charge is 0.354 e. The lowest BCUT2D eigenvalue weighted by Crippen LogP contribution is -2.45. The number of nitrogens with one attached hydrogen (secondary N) is 2. The van der Waals surface area contributed by atoms with Crippen molar-refractivity contribution in [1.82, 2.24) is 15.2 Å². The van der Waals surface area contributed by atoms with Crippen molar-refractivity contribution in [2.24, 2.45) is 0 Å². The minimum absolute atomic E-state index is 0.0715. The number of pyridine rings is 1. The first-order chi connectivity index (χ1) is 8.75. The minimum atomic E-state index is -0.999. The van der Waals surface area contributed by atoms with Crippen LogP contribution in [0, 0.1) is 0 Å². The van der Waals surface area contributed by atoms with Gasteiger partial charge >= 0.3 is 5.97 Å². The van der Waals surface area contributed by atoms with Gasteiger partial charge in [-0.1, -0.05) is 0 Å². The summed E-state index contributed by atoms with van der Waals surface area (Å²) >= 11 is 0. The molecule has 1 fully saturated rings. The summed E-state index contributed by atoms with van der Waals surface area (Å²) in [7, 11) is 0. The number of nitrogens with zero attached hydrogens (tertiary/aromatic N) is 2. The average molecular weight is 250 g/mol. The van der Waals surface area contributed by atoms with Crippen LogP contribution in [0.5, 0.6) is 0 Å². The molecule has 0 radical (unpaired) electrons. The van der Waals surface area contributed by atoms with Gasteiger partial charge in [-0.2, -0.15) is 0 Å². The Bertz CT molecular complexity index is 405. The van der Waals surface area contributed by atoms with Crippen LogP contribution in [0.2, 0.25) is 0 Å². The number of anilines is 1. The standard InChI is InChI=1S/C12H18N4O2/c17-12(18)11-9-10(1-2-15-11)14-5-8-16-6-3-13-4-7-16/h1-2,9,13H,3-8H2,(H,14,15)(H,17,18). The zero-order valence-corrected chi connectivity index (χ0v) is 10.2. The largest absolute Gasteiger partial charge is 0.477 e. The maximum absolute atomic E-state index is 10.8. The third-order valence-electron chi connectivity index (χ3n) is 2.95. The van der Waals surface area contributed by atoms with Crippen LogP contribution in [0.15, 0.2) is 18.3 Å². The van der Waals surface area contributed by atoms with Crippen molar-refractivity contribution in [3.05, 3.63) is 24.0 Å². The molecule has 1 saturated heterocycles. The van der Waals surface area contributed by atoms with Gasteiger partial charge in [0.1, 0.15) is 5.69 Å². The Morgan fingerprint density at radius 2 is 2.28 bits per heavy atom. The second kappa shape index (κ2) is 6.32. The number of hydrogen-bond acceptors (Lipinski definition) is 5. The Morgan fingerprint density at radius 3 is 3.00 bits per heavy atom. The van der Waals surface area contributed by atoms with Crippen LogP contribution >= 0.6 is 0 Å². The Balaban J connectivity index is 1.78. The van der Waals surface area contributed by atoms with E-state index in [1.165, 1.54) is 6.20 Å². The van der Waals surface area contributed by atoms with Gasteiger partial charge in [0.2, 0.25) is 0 Å². The molecule has 6 nitrogen and oxygen atoms in total. The van der Waals surface area contributed by atoms with E-state index in [-0.39, 0.29) is 5.69 Å². The topological polar surface area (TPSA) is 77.5 Å². The van der Waals surface area contributed by atoms with Crippen molar-refractivity contribution in [2.45, 2.75) is 0 Å². The van der Waals surface area contributed by atoms with E-state index < -0.39 is 5.97 Å². The van der Waals surface area contributed by atoms with E-state index >= 15 is 0 Å². The Labute approximate surface area is 106 Å². The average Bonchev–Trinajstić information content (AvgIpc) is 2.40. The highest BCUT2D eigenvalue weighted by molar-refractivity contribution is 5.86. The molecule has 0 bridgehead atoms. The molecular formula is C12H18N4O2. The fraction of sp³-hybridized carbons (Fsp3) is 0.500. The molecular weight excluding hydrogens is 232 g/mol. The van der Waals surface area contributed by atoms with Gasteiger partial charge in [0, 0.05) is 51.2 Å². The molecule has 0 unspecified atom stereocenters. The first-order valence-corrected chi connectivity index (χ1v) is 6.12. The van der Waals surface area contributed by atoms with E-state index in [9.17, 15) is 4.79 Å². The molecule has 2 rings (SSSR count). The summed E-state index contributed by atoms with van der Waals surface area (Å²) in [6, 6.07) is 3.34. The summed E-state index contributed by atoms with van der Waals surface area (Å²) in [5.41, 5.74) is 0.875. The molecule has 0 spiro atoms. The third kappa shape index (κ3) is 3.68. The first kappa shape index (κ1) is 12.8. The third-order valence-corrected chi connectivity index (χ3v) is 2.95. The van der Waals surface area contributed by atoms with Crippen molar-refractivity contribution in [3.63, 3.8) is 0 Å². The van der Waals surface area contributed by atoms with E-state index in [0.29, 0.717) is 0 Å². The molecule has 6 heteroatoms. The number of aromatic nitrogens is 1. The number of piperazine rings is 1. The van der Waals surface area contributed by atoms with Crippen LogP contribution < -0.4 is 10.6 Å². The lowest BCUT2D eigenvalue weighted by Gasteiger charge is -2.27. The molecule has 0 saturated carbocycles. The predicted octanol–water partition coefficient (Wildman–Crippen LogP) is 0.0969. The van der Waals surface area contributed by atoms with E-state index in [0.717, 1.165) is 45.0 Å². The van der Waals surface area contributed by atoms with E-state index in [1.807, 2.05) is 0 Å². The molecule has 1 aliphatic heterocycles. The molecule has 3 N–H and O–H groups in total. The summed E-state index contributed by atoms with van der Waals surface area (Å²) in [5.74, 6) is -0.999. The van der Waals surface area contributed by atoms with E-state index in [4.69, 9.17) is 5.11 Å². The minimum Gasteiger partial charge on any atom is -0.477 e. The first-order valence-electron chi connectivity index (χ1n) is 6.12. The van der Waals surface area contributed by atoms with Crippen LogP contribution in [0.25, 0.3) is 0 Å². The van der Waals surface area contributed by atoms with Crippen molar-refractivity contribution in [1.29, 1.82) is 0 Å². The highest BCUT2D eigenvalue weighted by Crippen LogP contribution is 2.07. The van der Waals surface area contributed by atoms with Crippen molar-refractivity contribution in [3.8, 4) is 0 Å². The van der Waals surface area contributed by atoms with Crippen molar-refractivity contribution in [2.75, 3.05) is 44.6 Å². The lowest BCUT2D eigenvalue weighted by molar-refractivity contribution is 0.0690. The molecule has 18 heavy (non-hydrogen) atoms. The monoisotopic (exact) mass is 250 g/mol. The van der Waals surface area contributed by atoms with Crippen LogP contribution in [-0.2, 0) is 0 Å². The van der Waals surface area contributed by atoms with Gasteiger partial charge in [0.25, 0.3) is 0 Å². The van der Waals surface area contributed by atoms with Crippen LogP contribution in [0.4, 0.5) is 5.69 Å². The van der Waals surface area contributed by atoms with Gasteiger partial charge in [-0.15, -0.1) is 0 Å². The lowest BCUT2D eigenvalue weighted by atomic mass is 10.3. The number of hydrogen-bond donors (Lipinski definition) is 3. The molecule has 1 aliphatic rings. The Morgan fingerprint density at radius 1 is 1.50 bits per heavy atom. The van der Waals surface area contributed by atoms with Crippen molar-refractivity contribution >= 4 is 11.7 Å². The molecule has 0 aliphatic carbocycles. The van der Waals surface area contributed by atoms with Gasteiger partial charge in [-0.3, -0.25) is 4.90 Å². The fourth-order valence-corrected chi connectivity index (χ4v) is 1.95. The van der Waals surface area contributed by atoms with Gasteiger partial charge in [0.05, 0.1) is 0 Å². The van der Waals surface area contributed by atoms with Crippen molar-refractivity contribution < 1.29 is 9.90 Å². The number of carboxylic acids is 1. The SMILES string of the molecule is O=C(O)c1cc(NCCN2CCNCC2)ccn1. The summed E-state index contributed by atoms with van der Waals surface area (Å²) in [4.78, 5) is 16.9. The van der Waals surface area contributed by atoms with E-state index in [1.54, 1.807) is 12.1 Å². The summed E-state index contributed by atoms with van der Waals surface area (Å²) in [6.45, 7) is 5.99. The Kier molecular flexibility index (Phi) is 4.49. The van der Waals surface area contributed by atoms with Gasteiger partial charge in [-0.05, 0) is 12.1 Å². The molecule has 1 aromatic heterocycles. The van der Waals surface area contributed by atoms with Gasteiger partial charge in [-0.25, -0.2) is 9.78 Å². The van der Waals surface area contributed by atoms with Gasteiger partial charge < -0.3 is 15.7 Å². The Hall–Kier alpha value is -1.66. The van der Waals surface area contributed by atoms with Crippen LogP contribution in [-0.4, -0.2) is 60.2 Å². The zero-order chi connectivity index (χ0) is 12.8. The maximum Gasteiger partial charge on any atom is 0.354 e. The maximum atomic E-state index is 10.8. The summed E-state index contributed by atoms with van der Waals surface area (Å²) in [6.07, 6.45) is 1.51. The fourth-order valence-electron chi connectivity index (χ4n) is 1.95. The number of aromatic carboxylic acids is 1. The van der Waals surface area contributed by atoms with Crippen LogP contribution in [0.1, 0.15) is 10.5 Å². The molecule has 98 valence electrons. The normalized spacial score (nSPS) is 16.4. The highest BCUT2D eigenvalue weighted by Gasteiger charge is 2.09.